The SMILES string of the molecule is Cc1cc(C(NN)c2ccc3c(c2)OCCO3)cc(C)n1. The zero-order valence-electron chi connectivity index (χ0n) is 12.2. The zero-order chi connectivity index (χ0) is 14.8. The van der Waals surface area contributed by atoms with Gasteiger partial charge >= 0.3 is 0 Å². The molecule has 0 bridgehead atoms. The molecule has 21 heavy (non-hydrogen) atoms. The van der Waals surface area contributed by atoms with Gasteiger partial charge in [-0.3, -0.25) is 10.8 Å². The van der Waals surface area contributed by atoms with Crippen molar-refractivity contribution >= 4 is 0 Å². The van der Waals surface area contributed by atoms with Crippen LogP contribution < -0.4 is 20.7 Å². The molecular weight excluding hydrogens is 266 g/mol. The Morgan fingerprint density at radius 2 is 1.67 bits per heavy atom. The minimum absolute atomic E-state index is 0.110. The fourth-order valence-corrected chi connectivity index (χ4v) is 2.66. The van der Waals surface area contributed by atoms with Crippen LogP contribution in [0.3, 0.4) is 0 Å². The first-order valence-corrected chi connectivity index (χ1v) is 6.98. The topological polar surface area (TPSA) is 69.4 Å². The van der Waals surface area contributed by atoms with E-state index in [1.165, 1.54) is 0 Å². The Hall–Kier alpha value is -2.11. The van der Waals surface area contributed by atoms with Crippen LogP contribution in [0.1, 0.15) is 28.6 Å². The van der Waals surface area contributed by atoms with Gasteiger partial charge in [0, 0.05) is 11.4 Å². The molecule has 0 aliphatic carbocycles. The molecular formula is C16H19N3O2. The summed E-state index contributed by atoms with van der Waals surface area (Å²) in [5.74, 6) is 7.32. The van der Waals surface area contributed by atoms with Gasteiger partial charge in [-0.1, -0.05) is 6.07 Å². The molecule has 1 aromatic carbocycles. The Bertz CT molecular complexity index is 638. The molecule has 1 aliphatic rings. The summed E-state index contributed by atoms with van der Waals surface area (Å²) >= 11 is 0. The number of aryl methyl sites for hydroxylation is 2. The summed E-state index contributed by atoms with van der Waals surface area (Å²) in [5.41, 5.74) is 6.94. The van der Waals surface area contributed by atoms with E-state index in [4.69, 9.17) is 15.3 Å². The largest absolute Gasteiger partial charge is 0.486 e. The Balaban J connectivity index is 1.99. The van der Waals surface area contributed by atoms with Crippen LogP contribution in [0.4, 0.5) is 0 Å². The Morgan fingerprint density at radius 3 is 2.33 bits per heavy atom. The summed E-state index contributed by atoms with van der Waals surface area (Å²) in [7, 11) is 0. The quantitative estimate of drug-likeness (QED) is 0.667. The third-order valence-corrected chi connectivity index (χ3v) is 3.50. The fraction of sp³-hybridized carbons (Fsp3) is 0.312. The van der Waals surface area contributed by atoms with E-state index in [1.54, 1.807) is 0 Å². The molecule has 3 N–H and O–H groups in total. The molecule has 110 valence electrons. The molecule has 1 aromatic heterocycles. The minimum atomic E-state index is -0.110. The van der Waals surface area contributed by atoms with E-state index in [9.17, 15) is 0 Å². The van der Waals surface area contributed by atoms with Gasteiger partial charge in [-0.05, 0) is 49.2 Å². The van der Waals surface area contributed by atoms with Gasteiger partial charge in [-0.15, -0.1) is 0 Å². The van der Waals surface area contributed by atoms with E-state index < -0.39 is 0 Å². The zero-order valence-corrected chi connectivity index (χ0v) is 12.2. The Morgan fingerprint density at radius 1 is 1.00 bits per heavy atom. The molecule has 3 rings (SSSR count). The molecule has 0 fully saturated rings. The number of nitrogens with two attached hydrogens (primary N) is 1. The van der Waals surface area contributed by atoms with E-state index in [1.807, 2.05) is 44.2 Å². The number of hydrogen-bond acceptors (Lipinski definition) is 5. The number of nitrogens with one attached hydrogen (secondary N) is 1. The third kappa shape index (κ3) is 2.84. The normalized spacial score (nSPS) is 14.8. The molecule has 2 aromatic rings. The number of benzene rings is 1. The van der Waals surface area contributed by atoms with E-state index in [0.717, 1.165) is 34.0 Å². The van der Waals surface area contributed by atoms with Crippen molar-refractivity contribution in [3.63, 3.8) is 0 Å². The lowest BCUT2D eigenvalue weighted by atomic mass is 9.98. The van der Waals surface area contributed by atoms with Crippen LogP contribution in [0.25, 0.3) is 0 Å². The maximum Gasteiger partial charge on any atom is 0.161 e. The first kappa shape index (κ1) is 13.9. The van der Waals surface area contributed by atoms with Crippen LogP contribution in [0.5, 0.6) is 11.5 Å². The van der Waals surface area contributed by atoms with Crippen molar-refractivity contribution in [2.45, 2.75) is 19.9 Å². The number of rotatable bonds is 3. The molecule has 1 unspecified atom stereocenters. The van der Waals surface area contributed by atoms with E-state index in [0.29, 0.717) is 13.2 Å². The molecule has 0 saturated heterocycles. The number of hydrazine groups is 1. The maximum absolute atomic E-state index is 5.77. The first-order chi connectivity index (χ1) is 10.2. The predicted molar refractivity (Wildman–Crippen MR) is 80.3 cm³/mol. The van der Waals surface area contributed by atoms with Crippen LogP contribution >= 0.6 is 0 Å². The molecule has 1 atom stereocenters. The highest BCUT2D eigenvalue weighted by Crippen LogP contribution is 2.34. The van der Waals surface area contributed by atoms with Crippen molar-refractivity contribution in [2.75, 3.05) is 13.2 Å². The van der Waals surface area contributed by atoms with Gasteiger partial charge in [-0.2, -0.15) is 0 Å². The van der Waals surface area contributed by atoms with Crippen LogP contribution in [-0.4, -0.2) is 18.2 Å². The van der Waals surface area contributed by atoms with Crippen molar-refractivity contribution in [3.8, 4) is 11.5 Å². The summed E-state index contributed by atoms with van der Waals surface area (Å²) in [6.45, 7) is 5.13. The average molecular weight is 285 g/mol. The number of aromatic nitrogens is 1. The Labute approximate surface area is 124 Å². The second-order valence-corrected chi connectivity index (χ2v) is 5.19. The molecule has 0 saturated carbocycles. The summed E-state index contributed by atoms with van der Waals surface area (Å²) in [5, 5.41) is 0. The molecule has 5 heteroatoms. The van der Waals surface area contributed by atoms with Crippen molar-refractivity contribution in [3.05, 3.63) is 52.8 Å². The average Bonchev–Trinajstić information content (AvgIpc) is 2.47. The monoisotopic (exact) mass is 285 g/mol. The second kappa shape index (κ2) is 5.71. The van der Waals surface area contributed by atoms with Gasteiger partial charge < -0.3 is 9.47 Å². The minimum Gasteiger partial charge on any atom is -0.486 e. The lowest BCUT2D eigenvalue weighted by molar-refractivity contribution is 0.171. The smallest absolute Gasteiger partial charge is 0.161 e. The summed E-state index contributed by atoms with van der Waals surface area (Å²) < 4.78 is 11.2. The van der Waals surface area contributed by atoms with Gasteiger partial charge in [0.05, 0.1) is 6.04 Å². The van der Waals surface area contributed by atoms with Crippen LogP contribution in [0.15, 0.2) is 30.3 Å². The predicted octanol–water partition coefficient (Wildman–Crippen LogP) is 2.02. The van der Waals surface area contributed by atoms with Gasteiger partial charge in [-0.25, -0.2) is 5.43 Å². The van der Waals surface area contributed by atoms with Crippen molar-refractivity contribution in [2.24, 2.45) is 5.84 Å². The van der Waals surface area contributed by atoms with Crippen LogP contribution in [-0.2, 0) is 0 Å². The molecule has 5 nitrogen and oxygen atoms in total. The van der Waals surface area contributed by atoms with Gasteiger partial charge in [0.25, 0.3) is 0 Å². The summed E-state index contributed by atoms with van der Waals surface area (Å²) in [6.07, 6.45) is 0. The lowest BCUT2D eigenvalue weighted by Gasteiger charge is -2.22. The molecule has 1 aliphatic heterocycles. The number of pyridine rings is 1. The summed E-state index contributed by atoms with van der Waals surface area (Å²) in [4.78, 5) is 4.40. The van der Waals surface area contributed by atoms with E-state index >= 15 is 0 Å². The molecule has 2 heterocycles. The highest BCUT2D eigenvalue weighted by molar-refractivity contribution is 5.46. The van der Waals surface area contributed by atoms with Gasteiger partial charge in [0.1, 0.15) is 13.2 Å². The van der Waals surface area contributed by atoms with Crippen molar-refractivity contribution in [1.29, 1.82) is 0 Å². The first-order valence-electron chi connectivity index (χ1n) is 6.98. The fourth-order valence-electron chi connectivity index (χ4n) is 2.66. The number of hydrogen-bond donors (Lipinski definition) is 2. The third-order valence-electron chi connectivity index (χ3n) is 3.50. The lowest BCUT2D eigenvalue weighted by Crippen LogP contribution is -2.29. The standard InChI is InChI=1S/C16H19N3O2/c1-10-7-13(8-11(2)18-10)16(19-17)12-3-4-14-15(9-12)21-6-5-20-14/h3-4,7-9,16,19H,5-6,17H2,1-2H3. The number of ether oxygens (including phenoxy) is 2. The second-order valence-electron chi connectivity index (χ2n) is 5.19. The van der Waals surface area contributed by atoms with Gasteiger partial charge in [0.2, 0.25) is 0 Å². The molecule has 0 spiro atoms. The van der Waals surface area contributed by atoms with Crippen molar-refractivity contribution in [1.82, 2.24) is 10.4 Å². The molecule has 0 radical (unpaired) electrons. The summed E-state index contributed by atoms with van der Waals surface area (Å²) in [6, 6.07) is 9.87. The molecule has 0 amide bonds. The Kier molecular flexibility index (Phi) is 3.77. The van der Waals surface area contributed by atoms with Crippen LogP contribution in [0, 0.1) is 13.8 Å². The maximum atomic E-state index is 5.77. The highest BCUT2D eigenvalue weighted by Gasteiger charge is 2.18. The highest BCUT2D eigenvalue weighted by atomic mass is 16.6. The van der Waals surface area contributed by atoms with E-state index in [2.05, 4.69) is 10.4 Å². The number of nitrogens with zero attached hydrogens (tertiary/aromatic N) is 1. The van der Waals surface area contributed by atoms with Crippen molar-refractivity contribution < 1.29 is 9.47 Å². The van der Waals surface area contributed by atoms with Gasteiger partial charge in [0.15, 0.2) is 11.5 Å². The van der Waals surface area contributed by atoms with Crippen LogP contribution in [0.2, 0.25) is 0 Å². The number of fused-ring (bicyclic) bond motifs is 1. The van der Waals surface area contributed by atoms with E-state index in [-0.39, 0.29) is 6.04 Å².